The monoisotopic (exact) mass is 398 g/mol. The van der Waals surface area contributed by atoms with Crippen molar-refractivity contribution in [1.82, 2.24) is 4.98 Å². The number of aryl methyl sites for hydroxylation is 1. The van der Waals surface area contributed by atoms with Gasteiger partial charge in [-0.25, -0.2) is 0 Å². The minimum Gasteiger partial charge on any atom is -0.453 e. The van der Waals surface area contributed by atoms with Crippen molar-refractivity contribution in [3.8, 4) is 11.5 Å². The molecule has 27 heavy (non-hydrogen) atoms. The van der Waals surface area contributed by atoms with Crippen LogP contribution in [0.15, 0.2) is 60.9 Å². The number of para-hydroxylation sites is 1. The molecule has 0 N–H and O–H groups in total. The Morgan fingerprint density at radius 2 is 1.93 bits per heavy atom. The van der Waals surface area contributed by atoms with Gasteiger partial charge in [-0.1, -0.05) is 41.4 Å². The van der Waals surface area contributed by atoms with Gasteiger partial charge in [0.2, 0.25) is 0 Å². The van der Waals surface area contributed by atoms with Crippen molar-refractivity contribution in [2.24, 2.45) is 0 Å². The average Bonchev–Trinajstić information content (AvgIpc) is 2.70. The lowest BCUT2D eigenvalue weighted by atomic mass is 10.0. The highest BCUT2D eigenvalue weighted by Crippen LogP contribution is 2.35. The Morgan fingerprint density at radius 3 is 2.81 bits per heavy atom. The van der Waals surface area contributed by atoms with E-state index in [1.807, 2.05) is 18.2 Å². The molecule has 0 aliphatic carbocycles. The minimum absolute atomic E-state index is 0.127. The summed E-state index contributed by atoms with van der Waals surface area (Å²) in [6.07, 6.45) is 4.98. The summed E-state index contributed by atoms with van der Waals surface area (Å²) in [7, 11) is 0. The third-order valence-electron chi connectivity index (χ3n) is 4.48. The van der Waals surface area contributed by atoms with Crippen LogP contribution in [0.2, 0.25) is 10.0 Å². The number of anilines is 1. The van der Waals surface area contributed by atoms with E-state index < -0.39 is 0 Å². The topological polar surface area (TPSA) is 42.4 Å². The SMILES string of the molecule is O=C(c1ccncc1Oc1cc(Cl)ccc1Cl)N1CCCc2ccccc21. The number of fused-ring (bicyclic) bond motifs is 1. The fraction of sp³-hybridized carbons (Fsp3) is 0.143. The normalized spacial score (nSPS) is 13.2. The molecule has 3 aromatic rings. The first-order valence-electron chi connectivity index (χ1n) is 8.60. The van der Waals surface area contributed by atoms with E-state index in [2.05, 4.69) is 11.1 Å². The van der Waals surface area contributed by atoms with Crippen molar-refractivity contribution in [2.45, 2.75) is 12.8 Å². The number of pyridine rings is 1. The number of aromatic nitrogens is 1. The second kappa shape index (κ2) is 7.59. The summed E-state index contributed by atoms with van der Waals surface area (Å²) in [6.45, 7) is 0.662. The molecule has 1 aromatic heterocycles. The van der Waals surface area contributed by atoms with Crippen LogP contribution >= 0.6 is 23.2 Å². The van der Waals surface area contributed by atoms with Gasteiger partial charge in [0.05, 0.1) is 16.8 Å². The van der Waals surface area contributed by atoms with Crippen LogP contribution in [0.3, 0.4) is 0 Å². The first-order valence-corrected chi connectivity index (χ1v) is 9.36. The molecule has 0 radical (unpaired) electrons. The largest absolute Gasteiger partial charge is 0.453 e. The second-order valence-corrected chi connectivity index (χ2v) is 7.08. The Labute approximate surface area is 167 Å². The fourth-order valence-corrected chi connectivity index (χ4v) is 3.52. The zero-order valence-electron chi connectivity index (χ0n) is 14.4. The summed E-state index contributed by atoms with van der Waals surface area (Å²) in [5, 5.41) is 0.904. The molecule has 0 fully saturated rings. The molecular formula is C21H16Cl2N2O2. The molecule has 4 rings (SSSR count). The molecule has 136 valence electrons. The van der Waals surface area contributed by atoms with Gasteiger partial charge in [0.25, 0.3) is 5.91 Å². The van der Waals surface area contributed by atoms with Crippen molar-refractivity contribution in [2.75, 3.05) is 11.4 Å². The van der Waals surface area contributed by atoms with Gasteiger partial charge in [-0.3, -0.25) is 9.78 Å². The van der Waals surface area contributed by atoms with Crippen LogP contribution in [0.1, 0.15) is 22.3 Å². The van der Waals surface area contributed by atoms with Crippen molar-refractivity contribution in [3.63, 3.8) is 0 Å². The number of carbonyl (C=O) groups is 1. The average molecular weight is 399 g/mol. The molecule has 6 heteroatoms. The number of halogens is 2. The molecule has 0 unspecified atom stereocenters. The van der Waals surface area contributed by atoms with Gasteiger partial charge in [-0.05, 0) is 42.7 Å². The van der Waals surface area contributed by atoms with Gasteiger partial charge in [0.1, 0.15) is 5.75 Å². The van der Waals surface area contributed by atoms with Crippen LogP contribution in [-0.4, -0.2) is 17.4 Å². The Hall–Kier alpha value is -2.56. The first kappa shape index (κ1) is 17.8. The summed E-state index contributed by atoms with van der Waals surface area (Å²) in [5.74, 6) is 0.595. The van der Waals surface area contributed by atoms with E-state index in [1.54, 1.807) is 35.4 Å². The maximum absolute atomic E-state index is 13.3. The standard InChI is InChI=1S/C21H16Cl2N2O2/c22-15-7-8-17(23)19(12-15)27-20-13-24-10-9-16(20)21(26)25-11-3-5-14-4-1-2-6-18(14)25/h1-2,4,6-10,12-13H,3,5,11H2. The van der Waals surface area contributed by atoms with Crippen LogP contribution in [0.5, 0.6) is 11.5 Å². The molecule has 1 aliphatic rings. The lowest BCUT2D eigenvalue weighted by molar-refractivity contribution is 0.0982. The summed E-state index contributed by atoms with van der Waals surface area (Å²) < 4.78 is 5.89. The Kier molecular flexibility index (Phi) is 5.01. The third-order valence-corrected chi connectivity index (χ3v) is 5.03. The maximum Gasteiger partial charge on any atom is 0.262 e. The van der Waals surface area contributed by atoms with Crippen molar-refractivity contribution >= 4 is 34.8 Å². The van der Waals surface area contributed by atoms with Gasteiger partial charge >= 0.3 is 0 Å². The van der Waals surface area contributed by atoms with Crippen LogP contribution in [0, 0.1) is 0 Å². The zero-order valence-corrected chi connectivity index (χ0v) is 15.9. The molecular weight excluding hydrogens is 383 g/mol. The maximum atomic E-state index is 13.3. The molecule has 0 spiro atoms. The van der Waals surface area contributed by atoms with Gasteiger partial charge < -0.3 is 9.64 Å². The predicted octanol–water partition coefficient (Wildman–Crippen LogP) is 5.77. The smallest absolute Gasteiger partial charge is 0.262 e. The number of ether oxygens (including phenoxy) is 1. The number of nitrogens with zero attached hydrogens (tertiary/aromatic N) is 2. The lowest BCUT2D eigenvalue weighted by Gasteiger charge is -2.29. The second-order valence-electron chi connectivity index (χ2n) is 6.24. The molecule has 2 aromatic carbocycles. The van der Waals surface area contributed by atoms with E-state index in [9.17, 15) is 4.79 Å². The van der Waals surface area contributed by atoms with Gasteiger partial charge in [0, 0.05) is 29.5 Å². The summed E-state index contributed by atoms with van der Waals surface area (Å²) in [6, 6.07) is 14.6. The molecule has 4 nitrogen and oxygen atoms in total. The summed E-state index contributed by atoms with van der Waals surface area (Å²) >= 11 is 12.2. The van der Waals surface area contributed by atoms with E-state index in [4.69, 9.17) is 27.9 Å². The quantitative estimate of drug-likeness (QED) is 0.561. The van der Waals surface area contributed by atoms with Crippen molar-refractivity contribution in [3.05, 3.63) is 82.1 Å². The van der Waals surface area contributed by atoms with Crippen LogP contribution in [0.25, 0.3) is 0 Å². The third kappa shape index (κ3) is 3.64. The van der Waals surface area contributed by atoms with E-state index in [0.717, 1.165) is 18.5 Å². The fourth-order valence-electron chi connectivity index (χ4n) is 3.20. The molecule has 0 atom stereocenters. The van der Waals surface area contributed by atoms with Crippen molar-refractivity contribution in [1.29, 1.82) is 0 Å². The highest BCUT2D eigenvalue weighted by molar-refractivity contribution is 6.34. The van der Waals surface area contributed by atoms with E-state index >= 15 is 0 Å². The van der Waals surface area contributed by atoms with Gasteiger partial charge in [-0.2, -0.15) is 0 Å². The molecule has 0 saturated carbocycles. The van der Waals surface area contributed by atoms with Gasteiger partial charge in [-0.15, -0.1) is 0 Å². The lowest BCUT2D eigenvalue weighted by Crippen LogP contribution is -2.35. The van der Waals surface area contributed by atoms with Gasteiger partial charge in [0.15, 0.2) is 5.75 Å². The number of hydrogen-bond acceptors (Lipinski definition) is 3. The predicted molar refractivity (Wildman–Crippen MR) is 107 cm³/mol. The summed E-state index contributed by atoms with van der Waals surface area (Å²) in [5.41, 5.74) is 2.54. The molecule has 1 aliphatic heterocycles. The van der Waals surface area contributed by atoms with E-state index in [0.29, 0.717) is 33.7 Å². The van der Waals surface area contributed by atoms with Crippen LogP contribution in [-0.2, 0) is 6.42 Å². The first-order chi connectivity index (χ1) is 13.1. The Bertz CT molecular complexity index is 1010. The highest BCUT2D eigenvalue weighted by atomic mass is 35.5. The molecule has 0 saturated heterocycles. The number of benzene rings is 2. The minimum atomic E-state index is -0.127. The van der Waals surface area contributed by atoms with Crippen LogP contribution in [0.4, 0.5) is 5.69 Å². The Balaban J connectivity index is 1.69. The van der Waals surface area contributed by atoms with E-state index in [1.165, 1.54) is 11.8 Å². The van der Waals surface area contributed by atoms with Crippen LogP contribution < -0.4 is 9.64 Å². The molecule has 0 bridgehead atoms. The zero-order chi connectivity index (χ0) is 18.8. The number of carbonyl (C=O) groups excluding carboxylic acids is 1. The highest BCUT2D eigenvalue weighted by Gasteiger charge is 2.26. The number of amides is 1. The van der Waals surface area contributed by atoms with Crippen molar-refractivity contribution < 1.29 is 9.53 Å². The Morgan fingerprint density at radius 1 is 1.07 bits per heavy atom. The number of hydrogen-bond donors (Lipinski definition) is 0. The number of rotatable bonds is 3. The van der Waals surface area contributed by atoms with E-state index in [-0.39, 0.29) is 5.91 Å². The molecule has 1 amide bonds. The molecule has 2 heterocycles. The summed E-state index contributed by atoms with van der Waals surface area (Å²) in [4.78, 5) is 19.2.